The number of esters is 6. The normalized spacial score (nSPS) is 25.2. The van der Waals surface area contributed by atoms with Crippen LogP contribution >= 0.6 is 7.60 Å². The standard InChI is InChI=1S/C43H67N4O21PSi/c1-23(48)44-34-15-17-47(41(56)46-34)40-39(66-30(8)55)37(65-29(7)54)33(67-40)21-60-69(57,58-12)18-16-43(22-61-70(13,14)42(9,10)11)19-31(62-26(4)51)35(45-24(2)49)38(68-43)36(64-28(6)53)32(63-27(5)52)20-59-25(3)50/h15,17,31-33,35-40H,16,18-22H2,1-14H3,(H,45,49)(H,44,46,48,56)/t31-,32+,33+,35+,36+,37+,38+,39+,40+,43-,69?/m0/s1. The lowest BCUT2D eigenvalue weighted by Crippen LogP contribution is -2.68. The Morgan fingerprint density at radius 3 is 1.97 bits per heavy atom. The van der Waals surface area contributed by atoms with E-state index in [1.54, 1.807) is 0 Å². The molecule has 2 amide bonds. The van der Waals surface area contributed by atoms with E-state index in [9.17, 15) is 47.7 Å². The second-order valence-corrected chi connectivity index (χ2v) is 25.5. The van der Waals surface area contributed by atoms with Crippen LogP contribution in [0.25, 0.3) is 0 Å². The van der Waals surface area contributed by atoms with Crippen LogP contribution in [-0.2, 0) is 94.3 Å². The molecule has 394 valence electrons. The van der Waals surface area contributed by atoms with Gasteiger partial charge in [0, 0.05) is 75.1 Å². The van der Waals surface area contributed by atoms with Gasteiger partial charge in [-0.25, -0.2) is 4.79 Å². The molecule has 0 aromatic carbocycles. The largest absolute Gasteiger partial charge is 0.462 e. The molecule has 0 aliphatic carbocycles. The molecule has 25 nitrogen and oxygen atoms in total. The first-order valence-electron chi connectivity index (χ1n) is 22.2. The molecule has 2 aliphatic rings. The highest BCUT2D eigenvalue weighted by Gasteiger charge is 2.57. The van der Waals surface area contributed by atoms with Gasteiger partial charge in [-0.15, -0.1) is 0 Å². The SMILES string of the molecule is COP(=O)(CC[C@@]1(CO[Si](C)(C)C(C)(C)C)C[C@H](OC(C)=O)[C@@H](NC(C)=O)[C@H]([C@H](OC(C)=O)[C@@H](COC(C)=O)OC(C)=O)O1)OC[C@H]1O[C@@H](n2ccc(NC(C)=O)nc2=O)[C@H](OC(C)=O)[C@@H]1OC(C)=O. The lowest BCUT2D eigenvalue weighted by Gasteiger charge is -2.51. The Kier molecular flexibility index (Phi) is 21.0. The van der Waals surface area contributed by atoms with Gasteiger partial charge in [-0.1, -0.05) is 20.8 Å². The van der Waals surface area contributed by atoms with Crippen LogP contribution in [0.4, 0.5) is 5.82 Å². The molecule has 0 saturated carbocycles. The molecule has 2 saturated heterocycles. The van der Waals surface area contributed by atoms with E-state index >= 15 is 0 Å². The first-order chi connectivity index (χ1) is 32.3. The van der Waals surface area contributed by atoms with Crippen LogP contribution in [0.5, 0.6) is 0 Å². The fraction of sp³-hybridized carbons (Fsp3) is 0.721. The summed E-state index contributed by atoms with van der Waals surface area (Å²) in [5, 5.41) is 4.70. The predicted octanol–water partition coefficient (Wildman–Crippen LogP) is 2.62. The molecule has 0 spiro atoms. The van der Waals surface area contributed by atoms with Gasteiger partial charge in [-0.2, -0.15) is 4.98 Å². The maximum absolute atomic E-state index is 14.8. The minimum atomic E-state index is -4.36. The number of hydrogen-bond acceptors (Lipinski definition) is 22. The van der Waals surface area contributed by atoms with Crippen LogP contribution in [0.3, 0.4) is 0 Å². The van der Waals surface area contributed by atoms with Crippen LogP contribution in [0.15, 0.2) is 17.1 Å². The van der Waals surface area contributed by atoms with E-state index in [1.165, 1.54) is 26.1 Å². The zero-order chi connectivity index (χ0) is 53.1. The topological polar surface area (TPSA) is 314 Å². The lowest BCUT2D eigenvalue weighted by atomic mass is 9.82. The van der Waals surface area contributed by atoms with E-state index in [0.29, 0.717) is 0 Å². The molecule has 3 rings (SSSR count). The van der Waals surface area contributed by atoms with Gasteiger partial charge >= 0.3 is 49.1 Å². The Morgan fingerprint density at radius 1 is 0.871 bits per heavy atom. The van der Waals surface area contributed by atoms with Crippen molar-refractivity contribution in [2.24, 2.45) is 0 Å². The van der Waals surface area contributed by atoms with Crippen molar-refractivity contribution < 1.29 is 94.3 Å². The van der Waals surface area contributed by atoms with Crippen molar-refractivity contribution in [2.45, 2.75) is 168 Å². The number of amides is 2. The first-order valence-corrected chi connectivity index (χ1v) is 26.8. The second kappa shape index (κ2) is 24.8. The maximum Gasteiger partial charge on any atom is 0.351 e. The number of rotatable bonds is 22. The van der Waals surface area contributed by atoms with Crippen molar-refractivity contribution in [1.29, 1.82) is 0 Å². The summed E-state index contributed by atoms with van der Waals surface area (Å²) in [6, 6.07) is -0.0498. The molecule has 1 unspecified atom stereocenters. The number of carbonyl (C=O) groups is 8. The summed E-state index contributed by atoms with van der Waals surface area (Å²) in [6.07, 6.45) is -11.8. The number of nitrogens with one attached hydrogen (secondary N) is 2. The quantitative estimate of drug-likeness (QED) is 0.0730. The third-order valence-corrected chi connectivity index (χ3v) is 17.9. The minimum absolute atomic E-state index is 0.0908. The van der Waals surface area contributed by atoms with Crippen molar-refractivity contribution >= 4 is 69.4 Å². The first kappa shape index (κ1) is 59.2. The van der Waals surface area contributed by atoms with Gasteiger partial charge in [-0.05, 0) is 30.6 Å². The van der Waals surface area contributed by atoms with E-state index in [-0.39, 0.29) is 30.3 Å². The molecule has 0 radical (unpaired) electrons. The highest BCUT2D eigenvalue weighted by molar-refractivity contribution is 7.53. The van der Waals surface area contributed by atoms with E-state index in [0.717, 1.165) is 53.2 Å². The van der Waals surface area contributed by atoms with Crippen molar-refractivity contribution in [3.63, 3.8) is 0 Å². The van der Waals surface area contributed by atoms with Crippen LogP contribution < -0.4 is 16.3 Å². The summed E-state index contributed by atoms with van der Waals surface area (Å²) in [7, 11) is -5.99. The molecule has 2 fully saturated rings. The van der Waals surface area contributed by atoms with Gasteiger partial charge in [0.25, 0.3) is 0 Å². The smallest absolute Gasteiger partial charge is 0.351 e. The number of aromatic nitrogens is 2. The molecule has 2 aliphatic heterocycles. The Balaban J connectivity index is 2.19. The molecule has 2 N–H and O–H groups in total. The minimum Gasteiger partial charge on any atom is -0.462 e. The van der Waals surface area contributed by atoms with Gasteiger partial charge < -0.3 is 62.0 Å². The number of anilines is 1. The van der Waals surface area contributed by atoms with Crippen molar-refractivity contribution in [2.75, 3.05) is 38.4 Å². The molecule has 1 aromatic heterocycles. The zero-order valence-corrected chi connectivity index (χ0v) is 43.9. The number of hydrogen-bond donors (Lipinski definition) is 2. The predicted molar refractivity (Wildman–Crippen MR) is 244 cm³/mol. The molecule has 11 atom stereocenters. The van der Waals surface area contributed by atoms with Crippen LogP contribution in [0.2, 0.25) is 18.1 Å². The van der Waals surface area contributed by atoms with Crippen LogP contribution in [-0.4, -0.2) is 153 Å². The van der Waals surface area contributed by atoms with Gasteiger partial charge in [0.15, 0.2) is 39.0 Å². The molecule has 0 bridgehead atoms. The maximum atomic E-state index is 14.8. The molecular weight excluding hydrogens is 968 g/mol. The molecule has 27 heteroatoms. The molecular formula is C43H67N4O21PSi. The number of carbonyl (C=O) groups excluding carboxylic acids is 8. The summed E-state index contributed by atoms with van der Waals surface area (Å²) in [6.45, 7) is 17.1. The van der Waals surface area contributed by atoms with Gasteiger partial charge in [0.2, 0.25) is 11.8 Å². The monoisotopic (exact) mass is 1030 g/mol. The summed E-state index contributed by atoms with van der Waals surface area (Å²) < 4.78 is 80.5. The Hall–Kier alpha value is -5.11. The van der Waals surface area contributed by atoms with E-state index in [2.05, 4.69) is 15.6 Å². The zero-order valence-electron chi connectivity index (χ0n) is 42.0. The Labute approximate surface area is 406 Å². The van der Waals surface area contributed by atoms with Crippen molar-refractivity contribution in [3.8, 4) is 0 Å². The molecule has 70 heavy (non-hydrogen) atoms. The van der Waals surface area contributed by atoms with E-state index < -0.39 is 149 Å². The fourth-order valence-electron chi connectivity index (χ4n) is 7.44. The number of ether oxygens (including phenoxy) is 8. The van der Waals surface area contributed by atoms with Gasteiger partial charge in [-0.3, -0.25) is 47.5 Å². The fourth-order valence-corrected chi connectivity index (χ4v) is 9.97. The highest BCUT2D eigenvalue weighted by atomic mass is 31.2. The van der Waals surface area contributed by atoms with Crippen LogP contribution in [0.1, 0.15) is 95.2 Å². The molecule has 1 aromatic rings. The average Bonchev–Trinajstić information content (AvgIpc) is 3.53. The second-order valence-electron chi connectivity index (χ2n) is 18.4. The van der Waals surface area contributed by atoms with Crippen molar-refractivity contribution in [3.05, 3.63) is 22.7 Å². The number of nitrogens with zero attached hydrogens (tertiary/aromatic N) is 2. The van der Waals surface area contributed by atoms with Crippen molar-refractivity contribution in [1.82, 2.24) is 14.9 Å². The third kappa shape index (κ3) is 17.0. The van der Waals surface area contributed by atoms with Gasteiger partial charge in [0.05, 0.1) is 31.0 Å². The van der Waals surface area contributed by atoms with E-state index in [4.69, 9.17) is 51.4 Å². The summed E-state index contributed by atoms with van der Waals surface area (Å²) >= 11 is 0. The lowest BCUT2D eigenvalue weighted by molar-refractivity contribution is -0.244. The average molecular weight is 1040 g/mol. The van der Waals surface area contributed by atoms with E-state index in [1.807, 2.05) is 33.9 Å². The Morgan fingerprint density at radius 2 is 1.47 bits per heavy atom. The highest BCUT2D eigenvalue weighted by Crippen LogP contribution is 2.52. The van der Waals surface area contributed by atoms with Gasteiger partial charge in [0.1, 0.15) is 30.7 Å². The van der Waals surface area contributed by atoms with Crippen LogP contribution in [0, 0.1) is 0 Å². The third-order valence-electron chi connectivity index (χ3n) is 11.5. The summed E-state index contributed by atoms with van der Waals surface area (Å²) in [4.78, 5) is 117. The summed E-state index contributed by atoms with van der Waals surface area (Å²) in [5.41, 5.74) is -2.65. The summed E-state index contributed by atoms with van der Waals surface area (Å²) in [5.74, 6) is -6.29. The Bertz CT molecular complexity index is 2200. The molecule has 3 heterocycles.